The second-order valence-corrected chi connectivity index (χ2v) is 14.1. The van der Waals surface area contributed by atoms with E-state index in [9.17, 15) is 13.2 Å². The van der Waals surface area contributed by atoms with E-state index in [0.29, 0.717) is 40.6 Å². The number of carbonyl (C=O) groups is 1. The van der Waals surface area contributed by atoms with Crippen molar-refractivity contribution in [3.05, 3.63) is 71.8 Å². The van der Waals surface area contributed by atoms with Crippen LogP contribution in [-0.2, 0) is 25.1 Å². The Morgan fingerprint density at radius 3 is 2.49 bits per heavy atom. The molecule has 4 aromatic rings. The van der Waals surface area contributed by atoms with Crippen molar-refractivity contribution in [2.75, 3.05) is 5.32 Å². The van der Waals surface area contributed by atoms with Crippen LogP contribution in [0.15, 0.2) is 59.9 Å². The highest BCUT2D eigenvalue weighted by molar-refractivity contribution is 7.90. The van der Waals surface area contributed by atoms with Gasteiger partial charge in [-0.05, 0) is 89.1 Å². The molecule has 11 heteroatoms. The minimum absolute atomic E-state index is 0.0600. The Hall–Kier alpha value is -3.99. The fraction of sp³-hybridized carbons (Fsp3) is 0.406. The molecular formula is C32H36FN5O4S. The summed E-state index contributed by atoms with van der Waals surface area (Å²) in [5, 5.41) is 3.34. The van der Waals surface area contributed by atoms with Gasteiger partial charge in [0.1, 0.15) is 16.9 Å². The van der Waals surface area contributed by atoms with Crippen molar-refractivity contribution in [1.82, 2.24) is 19.9 Å². The zero-order chi connectivity index (χ0) is 30.8. The van der Waals surface area contributed by atoms with E-state index in [1.165, 1.54) is 24.4 Å². The Kier molecular flexibility index (Phi) is 8.73. The van der Waals surface area contributed by atoms with Gasteiger partial charge in [-0.3, -0.25) is 4.79 Å². The molecule has 1 aliphatic carbocycles. The Morgan fingerprint density at radius 2 is 1.81 bits per heavy atom. The minimum Gasteiger partial charge on any atom is -0.460 e. The van der Waals surface area contributed by atoms with Crippen molar-refractivity contribution in [3.63, 3.8) is 0 Å². The largest absolute Gasteiger partial charge is 0.460 e. The molecule has 9 nitrogen and oxygen atoms in total. The highest BCUT2D eigenvalue weighted by Crippen LogP contribution is 2.30. The van der Waals surface area contributed by atoms with E-state index in [4.69, 9.17) is 9.72 Å². The van der Waals surface area contributed by atoms with E-state index in [1.54, 1.807) is 24.4 Å². The number of esters is 1. The number of ether oxygens (including phenoxy) is 1. The summed E-state index contributed by atoms with van der Waals surface area (Å²) in [5.41, 5.74) is 2.77. The molecule has 0 bridgehead atoms. The van der Waals surface area contributed by atoms with Gasteiger partial charge in [-0.25, -0.2) is 32.7 Å². The first kappa shape index (κ1) is 30.5. The van der Waals surface area contributed by atoms with E-state index in [1.807, 2.05) is 33.8 Å². The van der Waals surface area contributed by atoms with Crippen LogP contribution in [0.5, 0.6) is 0 Å². The number of pyridine rings is 2. The molecule has 1 fully saturated rings. The molecule has 0 atom stereocenters. The average Bonchev–Trinajstić information content (AvgIpc) is 2.95. The van der Waals surface area contributed by atoms with Crippen molar-refractivity contribution in [1.29, 1.82) is 0 Å². The number of nitrogens with one attached hydrogen (secondary N) is 1. The van der Waals surface area contributed by atoms with Crippen LogP contribution in [0.1, 0.15) is 64.0 Å². The summed E-state index contributed by atoms with van der Waals surface area (Å²) in [4.78, 5) is 29.9. The zero-order valence-electron chi connectivity index (χ0n) is 24.8. The number of fused-ring (bicyclic) bond motifs is 1. The van der Waals surface area contributed by atoms with Gasteiger partial charge in [-0.15, -0.1) is 0 Å². The monoisotopic (exact) mass is 605 g/mol. The molecule has 0 saturated heterocycles. The molecule has 0 unspecified atom stereocenters. The fourth-order valence-corrected chi connectivity index (χ4v) is 6.64. The van der Waals surface area contributed by atoms with Crippen molar-refractivity contribution in [2.45, 2.75) is 82.2 Å². The van der Waals surface area contributed by atoms with E-state index in [0.717, 1.165) is 31.2 Å². The van der Waals surface area contributed by atoms with E-state index < -0.39 is 27.0 Å². The van der Waals surface area contributed by atoms with Crippen LogP contribution in [0.2, 0.25) is 0 Å². The smallest absolute Gasteiger partial charge is 0.306 e. The lowest BCUT2D eigenvalue weighted by Crippen LogP contribution is -2.30. The zero-order valence-corrected chi connectivity index (χ0v) is 25.6. The lowest BCUT2D eigenvalue weighted by atomic mass is 9.84. The van der Waals surface area contributed by atoms with Gasteiger partial charge in [0, 0.05) is 29.8 Å². The maximum atomic E-state index is 15.1. The van der Waals surface area contributed by atoms with Gasteiger partial charge in [-0.1, -0.05) is 18.2 Å². The number of hydrogen-bond donors (Lipinski definition) is 1. The first-order valence-electron chi connectivity index (χ1n) is 14.4. The number of nitrogens with zero attached hydrogens (tertiary/aromatic N) is 4. The Labute approximate surface area is 251 Å². The molecule has 0 spiro atoms. The molecule has 5 rings (SSSR count). The number of aryl methyl sites for hydroxylation is 1. The lowest BCUT2D eigenvalue weighted by molar-refractivity contribution is -0.156. The van der Waals surface area contributed by atoms with Gasteiger partial charge < -0.3 is 10.1 Å². The van der Waals surface area contributed by atoms with Crippen LogP contribution in [-0.4, -0.2) is 46.0 Å². The quantitative estimate of drug-likeness (QED) is 0.233. The molecule has 1 aromatic carbocycles. The summed E-state index contributed by atoms with van der Waals surface area (Å²) in [7, 11) is -3.79. The number of carbonyl (C=O) groups excluding carboxylic acids is 1. The molecule has 1 saturated carbocycles. The van der Waals surface area contributed by atoms with Crippen LogP contribution in [0.3, 0.4) is 0 Å². The number of anilines is 1. The van der Waals surface area contributed by atoms with Crippen molar-refractivity contribution < 1.29 is 22.3 Å². The van der Waals surface area contributed by atoms with Crippen LogP contribution >= 0.6 is 0 Å². The summed E-state index contributed by atoms with van der Waals surface area (Å²) < 4.78 is 45.9. The molecule has 3 heterocycles. The van der Waals surface area contributed by atoms with E-state index in [2.05, 4.69) is 20.3 Å². The second-order valence-electron chi connectivity index (χ2n) is 12.1. The Balaban J connectivity index is 1.24. The van der Waals surface area contributed by atoms with Gasteiger partial charge in [0.2, 0.25) is 5.95 Å². The molecule has 43 heavy (non-hydrogen) atoms. The molecule has 1 N–H and O–H groups in total. The van der Waals surface area contributed by atoms with Crippen LogP contribution < -0.4 is 5.32 Å². The van der Waals surface area contributed by atoms with Crippen molar-refractivity contribution >= 4 is 32.8 Å². The minimum atomic E-state index is -3.79. The van der Waals surface area contributed by atoms with E-state index in [-0.39, 0.29) is 22.6 Å². The maximum Gasteiger partial charge on any atom is 0.306 e. The topological polar surface area (TPSA) is 124 Å². The van der Waals surface area contributed by atoms with Crippen molar-refractivity contribution in [3.8, 4) is 11.3 Å². The molecule has 0 amide bonds. The number of aromatic nitrogens is 4. The molecule has 0 radical (unpaired) electrons. The summed E-state index contributed by atoms with van der Waals surface area (Å²) in [5.74, 6) is -0.427. The lowest BCUT2D eigenvalue weighted by Gasteiger charge is -2.29. The third-order valence-corrected chi connectivity index (χ3v) is 9.01. The van der Waals surface area contributed by atoms with Crippen LogP contribution in [0, 0.1) is 18.7 Å². The maximum absolute atomic E-state index is 15.1. The van der Waals surface area contributed by atoms with Gasteiger partial charge in [0.05, 0.1) is 23.2 Å². The number of hydrogen-bond acceptors (Lipinski definition) is 9. The average molecular weight is 606 g/mol. The molecule has 226 valence electrons. The second kappa shape index (κ2) is 12.3. The SMILES string of the molecule is Cc1cc(-c2ccc(CS(=O)(=O)c3ccccn3)c(F)c2)nc2cnc(NC3CCC(CC(=O)OC(C)(C)C)CC3)nc12. The predicted molar refractivity (Wildman–Crippen MR) is 162 cm³/mol. The predicted octanol–water partition coefficient (Wildman–Crippen LogP) is 6.21. The van der Waals surface area contributed by atoms with Gasteiger partial charge in [-0.2, -0.15) is 0 Å². The Morgan fingerprint density at radius 1 is 1.05 bits per heavy atom. The molecular weight excluding hydrogens is 569 g/mol. The van der Waals surface area contributed by atoms with Crippen LogP contribution in [0.25, 0.3) is 22.3 Å². The van der Waals surface area contributed by atoms with E-state index >= 15 is 4.39 Å². The number of rotatable bonds is 8. The fourth-order valence-electron chi connectivity index (χ4n) is 5.35. The summed E-state index contributed by atoms with van der Waals surface area (Å²) in [6.45, 7) is 7.56. The van der Waals surface area contributed by atoms with Gasteiger partial charge >= 0.3 is 5.97 Å². The number of benzene rings is 1. The molecule has 0 aliphatic heterocycles. The standard InChI is InChI=1S/C32H36FN5O4S/c1-20-15-26(22-10-11-23(25(33)17-22)19-43(40,41)28-7-5-6-14-34-28)37-27-18-35-31(38-30(20)27)36-24-12-8-21(9-13-24)16-29(39)42-32(2,3)4/h5-7,10-11,14-15,17-18,21,24H,8-9,12-13,16,19H2,1-4H3,(H,35,36,38). The van der Waals surface area contributed by atoms with Gasteiger partial charge in [0.15, 0.2) is 14.9 Å². The molecule has 1 aliphatic rings. The summed E-state index contributed by atoms with van der Waals surface area (Å²) >= 11 is 0. The normalized spacial score (nSPS) is 17.5. The number of halogens is 1. The highest BCUT2D eigenvalue weighted by atomic mass is 32.2. The first-order chi connectivity index (χ1) is 20.4. The first-order valence-corrected chi connectivity index (χ1v) is 16.1. The third-order valence-electron chi connectivity index (χ3n) is 7.44. The van der Waals surface area contributed by atoms with Gasteiger partial charge in [0.25, 0.3) is 0 Å². The van der Waals surface area contributed by atoms with Crippen molar-refractivity contribution in [2.24, 2.45) is 5.92 Å². The van der Waals surface area contributed by atoms with Crippen LogP contribution in [0.4, 0.5) is 10.3 Å². The third kappa shape index (κ3) is 7.70. The highest BCUT2D eigenvalue weighted by Gasteiger charge is 2.26. The number of sulfone groups is 1. The Bertz CT molecular complexity index is 1730. The summed E-state index contributed by atoms with van der Waals surface area (Å²) in [6, 6.07) is 11.1. The summed E-state index contributed by atoms with van der Waals surface area (Å²) in [6.07, 6.45) is 7.17. The molecule has 3 aromatic heterocycles.